The molecule has 5 nitrogen and oxygen atoms in total. The molecular formula is C18H24N4OS. The van der Waals surface area contributed by atoms with Gasteiger partial charge >= 0.3 is 0 Å². The molecule has 2 aromatic rings. The van der Waals surface area contributed by atoms with Gasteiger partial charge in [0.1, 0.15) is 0 Å². The van der Waals surface area contributed by atoms with Crippen molar-refractivity contribution in [1.29, 1.82) is 0 Å². The lowest BCUT2D eigenvalue weighted by Crippen LogP contribution is -2.39. The molecule has 0 radical (unpaired) electrons. The number of hydrogen-bond acceptors (Lipinski definition) is 4. The molecule has 6 heteroatoms. The van der Waals surface area contributed by atoms with E-state index < -0.39 is 0 Å². The van der Waals surface area contributed by atoms with Crippen molar-refractivity contribution in [1.82, 2.24) is 20.0 Å². The van der Waals surface area contributed by atoms with Gasteiger partial charge in [-0.05, 0) is 67.1 Å². The summed E-state index contributed by atoms with van der Waals surface area (Å²) in [6.07, 6.45) is 7.09. The highest BCUT2D eigenvalue weighted by Gasteiger charge is 2.57. The first-order valence-corrected chi connectivity index (χ1v) is 9.71. The molecular weight excluding hydrogens is 320 g/mol. The van der Waals surface area contributed by atoms with Crippen LogP contribution in [0.4, 0.5) is 0 Å². The summed E-state index contributed by atoms with van der Waals surface area (Å²) in [7, 11) is 0. The van der Waals surface area contributed by atoms with E-state index in [1.807, 2.05) is 17.8 Å². The summed E-state index contributed by atoms with van der Waals surface area (Å²) >= 11 is 1.69. The first-order chi connectivity index (χ1) is 11.7. The fourth-order valence-corrected chi connectivity index (χ4v) is 4.60. The number of nitrogens with zero attached hydrogens (tertiary/aromatic N) is 3. The molecule has 128 valence electrons. The first-order valence-electron chi connectivity index (χ1n) is 8.77. The summed E-state index contributed by atoms with van der Waals surface area (Å²) in [4.78, 5) is 15.3. The SMILES string of the molecule is CCn1cc(C(=O)N(Cc2ccsc2)C2CC23CCNCC3)cn1. The third-order valence-electron chi connectivity index (χ3n) is 5.52. The third-order valence-corrected chi connectivity index (χ3v) is 6.25. The van der Waals surface area contributed by atoms with Gasteiger partial charge in [-0.1, -0.05) is 0 Å². The molecule has 1 unspecified atom stereocenters. The van der Waals surface area contributed by atoms with Crippen LogP contribution in [-0.2, 0) is 13.1 Å². The van der Waals surface area contributed by atoms with Gasteiger partial charge in [0.05, 0.1) is 11.8 Å². The predicted molar refractivity (Wildman–Crippen MR) is 95.0 cm³/mol. The van der Waals surface area contributed by atoms with E-state index in [1.54, 1.807) is 17.5 Å². The van der Waals surface area contributed by atoms with Crippen molar-refractivity contribution in [3.63, 3.8) is 0 Å². The molecule has 1 spiro atoms. The van der Waals surface area contributed by atoms with E-state index in [-0.39, 0.29) is 5.91 Å². The van der Waals surface area contributed by atoms with Gasteiger partial charge in [-0.2, -0.15) is 16.4 Å². The van der Waals surface area contributed by atoms with E-state index in [2.05, 4.69) is 32.1 Å². The number of hydrogen-bond donors (Lipinski definition) is 1. The zero-order chi connectivity index (χ0) is 16.6. The zero-order valence-electron chi connectivity index (χ0n) is 14.1. The minimum Gasteiger partial charge on any atom is -0.331 e. The van der Waals surface area contributed by atoms with Gasteiger partial charge < -0.3 is 10.2 Å². The molecule has 1 amide bonds. The monoisotopic (exact) mass is 344 g/mol. The number of nitrogens with one attached hydrogen (secondary N) is 1. The maximum atomic E-state index is 13.2. The number of piperidine rings is 1. The Labute approximate surface area is 146 Å². The summed E-state index contributed by atoms with van der Waals surface area (Å²) in [6, 6.07) is 2.50. The van der Waals surface area contributed by atoms with Crippen LogP contribution >= 0.6 is 11.3 Å². The average Bonchev–Trinajstić information content (AvgIpc) is 3.05. The van der Waals surface area contributed by atoms with Crippen molar-refractivity contribution in [3.05, 3.63) is 40.3 Å². The molecule has 2 aliphatic rings. The van der Waals surface area contributed by atoms with E-state index >= 15 is 0 Å². The first kappa shape index (κ1) is 15.8. The van der Waals surface area contributed by atoms with E-state index in [4.69, 9.17) is 0 Å². The van der Waals surface area contributed by atoms with Crippen molar-refractivity contribution < 1.29 is 4.79 Å². The number of aromatic nitrogens is 2. The van der Waals surface area contributed by atoms with Gasteiger partial charge in [-0.15, -0.1) is 0 Å². The predicted octanol–water partition coefficient (Wildman–Crippen LogP) is 2.75. The number of thiophene rings is 1. The van der Waals surface area contributed by atoms with Crippen LogP contribution in [0.25, 0.3) is 0 Å². The maximum Gasteiger partial charge on any atom is 0.257 e. The van der Waals surface area contributed by atoms with Crippen LogP contribution in [0.3, 0.4) is 0 Å². The molecule has 2 aromatic heterocycles. The van der Waals surface area contributed by atoms with Crippen molar-refractivity contribution in [2.24, 2.45) is 5.41 Å². The van der Waals surface area contributed by atoms with Crippen LogP contribution in [-0.4, -0.2) is 39.7 Å². The number of rotatable bonds is 5. The van der Waals surface area contributed by atoms with E-state index in [0.29, 0.717) is 23.6 Å². The lowest BCUT2D eigenvalue weighted by molar-refractivity contribution is 0.0692. The number of amides is 1. The lowest BCUT2D eigenvalue weighted by atomic mass is 9.93. The van der Waals surface area contributed by atoms with Crippen LogP contribution in [0.5, 0.6) is 0 Å². The van der Waals surface area contributed by atoms with Gasteiger partial charge in [0.15, 0.2) is 0 Å². The minimum absolute atomic E-state index is 0.126. The summed E-state index contributed by atoms with van der Waals surface area (Å²) in [5.41, 5.74) is 2.28. The molecule has 24 heavy (non-hydrogen) atoms. The number of carbonyl (C=O) groups excluding carboxylic acids is 1. The van der Waals surface area contributed by atoms with E-state index in [9.17, 15) is 4.79 Å². The van der Waals surface area contributed by atoms with Gasteiger partial charge in [-0.25, -0.2) is 0 Å². The van der Waals surface area contributed by atoms with Crippen LogP contribution < -0.4 is 5.32 Å². The third kappa shape index (κ3) is 2.89. The molecule has 2 fully saturated rings. The van der Waals surface area contributed by atoms with Crippen molar-refractivity contribution in [3.8, 4) is 0 Å². The molecule has 1 aliphatic carbocycles. The van der Waals surface area contributed by atoms with Gasteiger partial charge in [-0.3, -0.25) is 9.48 Å². The summed E-state index contributed by atoms with van der Waals surface area (Å²) in [5, 5.41) is 12.0. The standard InChI is InChI=1S/C18H24N4OS/c1-2-21-12-15(10-20-21)17(23)22(11-14-3-8-24-13-14)16-9-18(16)4-6-19-7-5-18/h3,8,10,12-13,16,19H,2,4-7,9,11H2,1H3. The molecule has 4 rings (SSSR count). The Bertz CT molecular complexity index is 702. The number of aryl methyl sites for hydroxylation is 1. The minimum atomic E-state index is 0.126. The van der Waals surface area contributed by atoms with Crippen LogP contribution in [0.2, 0.25) is 0 Å². The molecule has 1 aliphatic heterocycles. The topological polar surface area (TPSA) is 50.2 Å². The fourth-order valence-electron chi connectivity index (χ4n) is 3.94. The average molecular weight is 344 g/mol. The molecule has 3 heterocycles. The van der Waals surface area contributed by atoms with Crippen molar-refractivity contribution >= 4 is 17.2 Å². The molecule has 1 saturated carbocycles. The van der Waals surface area contributed by atoms with E-state index in [1.165, 1.54) is 18.4 Å². The van der Waals surface area contributed by atoms with Gasteiger partial charge in [0.25, 0.3) is 5.91 Å². The second-order valence-corrected chi connectivity index (χ2v) is 7.76. The summed E-state index contributed by atoms with van der Waals surface area (Å²) < 4.78 is 1.82. The Balaban J connectivity index is 1.57. The van der Waals surface area contributed by atoms with Gasteiger partial charge in [0.2, 0.25) is 0 Å². The molecule has 1 saturated heterocycles. The highest BCUT2D eigenvalue weighted by Crippen LogP contribution is 2.56. The highest BCUT2D eigenvalue weighted by atomic mass is 32.1. The molecule has 0 bridgehead atoms. The van der Waals surface area contributed by atoms with Gasteiger partial charge in [0, 0.05) is 25.3 Å². The Hall–Kier alpha value is -1.66. The Morgan fingerprint density at radius 1 is 1.50 bits per heavy atom. The smallest absolute Gasteiger partial charge is 0.257 e. The maximum absolute atomic E-state index is 13.2. The molecule has 1 N–H and O–H groups in total. The molecule has 1 atom stereocenters. The van der Waals surface area contributed by atoms with Crippen LogP contribution in [0.1, 0.15) is 42.1 Å². The highest BCUT2D eigenvalue weighted by molar-refractivity contribution is 7.07. The summed E-state index contributed by atoms with van der Waals surface area (Å²) in [6.45, 7) is 5.68. The Kier molecular flexibility index (Phi) is 4.18. The quantitative estimate of drug-likeness (QED) is 0.907. The normalized spacial score (nSPS) is 21.8. The second kappa shape index (κ2) is 6.33. The summed E-state index contributed by atoms with van der Waals surface area (Å²) in [5.74, 6) is 0.126. The lowest BCUT2D eigenvalue weighted by Gasteiger charge is -2.29. The van der Waals surface area contributed by atoms with Crippen LogP contribution in [0, 0.1) is 5.41 Å². The van der Waals surface area contributed by atoms with Crippen LogP contribution in [0.15, 0.2) is 29.2 Å². The van der Waals surface area contributed by atoms with E-state index in [0.717, 1.165) is 26.1 Å². The van der Waals surface area contributed by atoms with Crippen molar-refractivity contribution in [2.75, 3.05) is 13.1 Å². The fraction of sp³-hybridized carbons (Fsp3) is 0.556. The van der Waals surface area contributed by atoms with Crippen molar-refractivity contribution in [2.45, 2.75) is 45.3 Å². The Morgan fingerprint density at radius 2 is 2.33 bits per heavy atom. The number of carbonyl (C=O) groups is 1. The second-order valence-electron chi connectivity index (χ2n) is 6.98. The molecule has 0 aromatic carbocycles. The largest absolute Gasteiger partial charge is 0.331 e. The zero-order valence-corrected chi connectivity index (χ0v) is 14.9. The Morgan fingerprint density at radius 3 is 3.00 bits per heavy atom.